The van der Waals surface area contributed by atoms with E-state index < -0.39 is 36.2 Å². The van der Waals surface area contributed by atoms with Gasteiger partial charge in [-0.05, 0) is 25.5 Å². The lowest BCUT2D eigenvalue weighted by atomic mass is 9.93. The Morgan fingerprint density at radius 2 is 2.32 bits per heavy atom. The molecule has 0 spiro atoms. The fourth-order valence-corrected chi connectivity index (χ4v) is 2.76. The number of rotatable bonds is 3. The predicted molar refractivity (Wildman–Crippen MR) is 87.5 cm³/mol. The van der Waals surface area contributed by atoms with E-state index in [0.29, 0.717) is 0 Å². The van der Waals surface area contributed by atoms with Crippen LogP contribution in [0.5, 0.6) is 0 Å². The van der Waals surface area contributed by atoms with Gasteiger partial charge in [-0.1, -0.05) is 0 Å². The van der Waals surface area contributed by atoms with Gasteiger partial charge in [0.25, 0.3) is 5.56 Å². The molecule has 3 rings (SSSR count). The Labute approximate surface area is 141 Å². The van der Waals surface area contributed by atoms with Gasteiger partial charge in [0.2, 0.25) is 5.95 Å². The van der Waals surface area contributed by atoms with Crippen LogP contribution in [0.2, 0.25) is 0 Å². The smallest absolute Gasteiger partial charge is 0.280 e. The molecule has 1 aliphatic rings. The standard InChI is InChI=1S/C15H19N5O5/c1-7(2)3-4-15(24)10(22)8(5-21)25-13(15)20-6-17-9-11(20)18-14(16)19-12(9)23/h4,6,8,10,13,21-22,24H,5H2,1-2H3,(H3,16,18,19,23)/t8-,10-,13-,15-/m1/s1. The van der Waals surface area contributed by atoms with Crippen molar-refractivity contribution in [3.8, 4) is 0 Å². The summed E-state index contributed by atoms with van der Waals surface area (Å²) in [6.07, 6.45) is -1.13. The lowest BCUT2D eigenvalue weighted by Crippen LogP contribution is -2.45. The summed E-state index contributed by atoms with van der Waals surface area (Å²) in [7, 11) is 0. The van der Waals surface area contributed by atoms with Crippen LogP contribution in [0, 0.1) is 0 Å². The van der Waals surface area contributed by atoms with E-state index in [2.05, 4.69) is 20.7 Å². The van der Waals surface area contributed by atoms with Gasteiger partial charge in [0.1, 0.15) is 12.2 Å². The monoisotopic (exact) mass is 349 g/mol. The van der Waals surface area contributed by atoms with Crippen LogP contribution in [0.3, 0.4) is 0 Å². The topological polar surface area (TPSA) is 160 Å². The predicted octanol–water partition coefficient (Wildman–Crippen LogP) is -1.20. The van der Waals surface area contributed by atoms with Crippen molar-refractivity contribution in [2.24, 2.45) is 0 Å². The molecule has 1 saturated heterocycles. The molecule has 4 atom stereocenters. The normalized spacial score (nSPS) is 28.9. The zero-order valence-corrected chi connectivity index (χ0v) is 13.7. The fourth-order valence-electron chi connectivity index (χ4n) is 2.76. The van der Waals surface area contributed by atoms with E-state index in [0.717, 1.165) is 5.57 Å². The first-order chi connectivity index (χ1) is 11.8. The Morgan fingerprint density at radius 3 is 2.96 bits per heavy atom. The second-order valence-electron chi connectivity index (χ2n) is 6.11. The first-order valence-electron chi connectivity index (χ1n) is 7.58. The highest BCUT2D eigenvalue weighted by Gasteiger charge is 2.55. The van der Waals surface area contributed by atoms with Crippen LogP contribution in [0.4, 0.5) is 5.95 Å². The van der Waals surface area contributed by atoms with E-state index in [1.165, 1.54) is 17.0 Å². The number of nitrogens with one attached hydrogen (secondary N) is 1. The van der Waals surface area contributed by atoms with E-state index in [1.807, 2.05) is 0 Å². The molecule has 2 aromatic rings. The fraction of sp³-hybridized carbons (Fsp3) is 0.467. The average molecular weight is 349 g/mol. The number of hydrogen-bond donors (Lipinski definition) is 5. The summed E-state index contributed by atoms with van der Waals surface area (Å²) in [6, 6.07) is 0. The van der Waals surface area contributed by atoms with Gasteiger partial charge in [-0.2, -0.15) is 4.98 Å². The Balaban J connectivity index is 2.20. The molecule has 10 nitrogen and oxygen atoms in total. The Hall–Kier alpha value is -2.49. The summed E-state index contributed by atoms with van der Waals surface area (Å²) in [5.41, 5.74) is 6.81. The highest BCUT2D eigenvalue weighted by Crippen LogP contribution is 2.40. The van der Waals surface area contributed by atoms with Crippen LogP contribution in [0.15, 0.2) is 28.5 Å². The lowest BCUT2D eigenvalue weighted by Gasteiger charge is -2.27. The van der Waals surface area contributed by atoms with Gasteiger partial charge in [-0.3, -0.25) is 14.3 Å². The number of nitrogens with two attached hydrogens (primary N) is 1. The first-order valence-corrected chi connectivity index (χ1v) is 7.58. The van der Waals surface area contributed by atoms with Gasteiger partial charge in [0, 0.05) is 0 Å². The molecule has 0 bridgehead atoms. The summed E-state index contributed by atoms with van der Waals surface area (Å²) >= 11 is 0. The number of aliphatic hydroxyl groups is 3. The molecule has 0 aliphatic carbocycles. The number of nitrogen functional groups attached to an aromatic ring is 1. The zero-order chi connectivity index (χ0) is 18.4. The highest BCUT2D eigenvalue weighted by atomic mass is 16.6. The summed E-state index contributed by atoms with van der Waals surface area (Å²) < 4.78 is 6.90. The molecule has 134 valence electrons. The summed E-state index contributed by atoms with van der Waals surface area (Å²) in [5.74, 6) is -0.125. The summed E-state index contributed by atoms with van der Waals surface area (Å²) in [4.78, 5) is 22.2. The Morgan fingerprint density at radius 1 is 1.60 bits per heavy atom. The average Bonchev–Trinajstić information content (AvgIpc) is 3.06. The number of hydrogen-bond acceptors (Lipinski definition) is 8. The van der Waals surface area contributed by atoms with Crippen LogP contribution < -0.4 is 11.3 Å². The van der Waals surface area contributed by atoms with Crippen LogP contribution in [-0.4, -0.2) is 59.3 Å². The van der Waals surface area contributed by atoms with Crippen molar-refractivity contribution in [1.82, 2.24) is 19.5 Å². The maximum Gasteiger partial charge on any atom is 0.280 e. The van der Waals surface area contributed by atoms with E-state index in [-0.39, 0.29) is 17.1 Å². The third-order valence-electron chi connectivity index (χ3n) is 4.00. The molecular formula is C15H19N5O5. The first kappa shape index (κ1) is 17.3. The molecule has 25 heavy (non-hydrogen) atoms. The maximum absolute atomic E-state index is 11.9. The zero-order valence-electron chi connectivity index (χ0n) is 13.7. The minimum absolute atomic E-state index is 0.00767. The molecular weight excluding hydrogens is 330 g/mol. The molecule has 1 fully saturated rings. The molecule has 6 N–H and O–H groups in total. The van der Waals surface area contributed by atoms with Gasteiger partial charge >= 0.3 is 0 Å². The number of aromatic nitrogens is 4. The van der Waals surface area contributed by atoms with Crippen molar-refractivity contribution in [2.75, 3.05) is 12.3 Å². The second kappa shape index (κ2) is 6.10. The quantitative estimate of drug-likeness (QED) is 0.432. The number of fused-ring (bicyclic) bond motifs is 1. The maximum atomic E-state index is 11.9. The van der Waals surface area contributed by atoms with Crippen molar-refractivity contribution in [3.05, 3.63) is 34.1 Å². The molecule has 0 aromatic carbocycles. The van der Waals surface area contributed by atoms with E-state index in [9.17, 15) is 20.1 Å². The number of aromatic amines is 1. The van der Waals surface area contributed by atoms with Crippen LogP contribution in [0.1, 0.15) is 20.1 Å². The van der Waals surface area contributed by atoms with Crippen molar-refractivity contribution >= 4 is 17.1 Å². The van der Waals surface area contributed by atoms with Gasteiger partial charge < -0.3 is 25.8 Å². The Kier molecular flexibility index (Phi) is 4.23. The van der Waals surface area contributed by atoms with Crippen LogP contribution in [-0.2, 0) is 4.74 Å². The number of aliphatic hydroxyl groups excluding tert-OH is 2. The second-order valence-corrected chi connectivity index (χ2v) is 6.11. The summed E-state index contributed by atoms with van der Waals surface area (Å²) in [6.45, 7) is 3.04. The molecule has 3 heterocycles. The Bertz CT molecular complexity index is 924. The minimum atomic E-state index is -1.92. The van der Waals surface area contributed by atoms with Gasteiger partial charge in [0.15, 0.2) is 23.0 Å². The largest absolute Gasteiger partial charge is 0.394 e. The van der Waals surface area contributed by atoms with Crippen molar-refractivity contribution < 1.29 is 20.1 Å². The lowest BCUT2D eigenvalue weighted by molar-refractivity contribution is -0.0772. The van der Waals surface area contributed by atoms with E-state index >= 15 is 0 Å². The van der Waals surface area contributed by atoms with Crippen LogP contribution in [0.25, 0.3) is 11.2 Å². The number of ether oxygens (including phenoxy) is 1. The molecule has 0 radical (unpaired) electrons. The molecule has 0 saturated carbocycles. The SMILES string of the molecule is CC(C)=C=C[C@@]1(O)[C@H](O)[C@@H](CO)O[C@H]1n1cnc2c(=O)[nH]c(N)nc21. The third kappa shape index (κ3) is 2.76. The number of H-pyrrole nitrogens is 1. The summed E-state index contributed by atoms with van der Waals surface area (Å²) in [5, 5.41) is 30.8. The molecule has 0 amide bonds. The van der Waals surface area contributed by atoms with Crippen molar-refractivity contribution in [2.45, 2.75) is 37.9 Å². The molecule has 0 unspecified atom stereocenters. The van der Waals surface area contributed by atoms with Crippen LogP contribution >= 0.6 is 0 Å². The highest BCUT2D eigenvalue weighted by molar-refractivity contribution is 5.70. The van der Waals surface area contributed by atoms with E-state index in [4.69, 9.17) is 10.5 Å². The molecule has 10 heteroatoms. The van der Waals surface area contributed by atoms with Gasteiger partial charge in [-0.15, -0.1) is 5.73 Å². The minimum Gasteiger partial charge on any atom is -0.394 e. The number of nitrogens with zero attached hydrogens (tertiary/aromatic N) is 3. The number of anilines is 1. The van der Waals surface area contributed by atoms with Gasteiger partial charge in [-0.25, -0.2) is 4.98 Å². The van der Waals surface area contributed by atoms with Crippen molar-refractivity contribution in [3.63, 3.8) is 0 Å². The third-order valence-corrected chi connectivity index (χ3v) is 4.00. The van der Waals surface area contributed by atoms with E-state index in [1.54, 1.807) is 13.8 Å². The molecule has 1 aliphatic heterocycles. The molecule has 2 aromatic heterocycles. The van der Waals surface area contributed by atoms with Gasteiger partial charge in [0.05, 0.1) is 12.9 Å². The number of imidazole rings is 1. The van der Waals surface area contributed by atoms with Crippen molar-refractivity contribution in [1.29, 1.82) is 0 Å².